The van der Waals surface area contributed by atoms with Gasteiger partial charge in [-0.1, -0.05) is 6.92 Å². The molecule has 1 aliphatic rings. The summed E-state index contributed by atoms with van der Waals surface area (Å²) < 4.78 is 1.98. The molecule has 0 unspecified atom stereocenters. The van der Waals surface area contributed by atoms with Crippen molar-refractivity contribution in [3.8, 4) is 0 Å². The van der Waals surface area contributed by atoms with Crippen LogP contribution in [0.5, 0.6) is 0 Å². The Bertz CT molecular complexity index is 366. The van der Waals surface area contributed by atoms with Crippen LogP contribution in [0.3, 0.4) is 0 Å². The zero-order valence-electron chi connectivity index (χ0n) is 12.0. The van der Waals surface area contributed by atoms with E-state index in [0.717, 1.165) is 12.2 Å². The number of tetrazole rings is 1. The highest BCUT2D eigenvalue weighted by Gasteiger charge is 2.32. The molecule has 1 aromatic heterocycles. The molecule has 0 bridgehead atoms. The van der Waals surface area contributed by atoms with Crippen LogP contribution in [-0.4, -0.2) is 53.4 Å². The summed E-state index contributed by atoms with van der Waals surface area (Å²) in [6.07, 6.45) is 1.10. The van der Waals surface area contributed by atoms with E-state index in [9.17, 15) is 0 Å². The van der Waals surface area contributed by atoms with Gasteiger partial charge in [0.1, 0.15) is 32.2 Å². The second kappa shape index (κ2) is 5.75. The van der Waals surface area contributed by atoms with Gasteiger partial charge >= 0.3 is 0 Å². The molecule has 2 heterocycles. The minimum Gasteiger partial charge on any atom is -0.328 e. The van der Waals surface area contributed by atoms with E-state index in [0.29, 0.717) is 12.1 Å². The third-order valence-corrected chi connectivity index (χ3v) is 3.97. The quantitative estimate of drug-likeness (QED) is 0.661. The van der Waals surface area contributed by atoms with Crippen molar-refractivity contribution >= 4 is 0 Å². The summed E-state index contributed by atoms with van der Waals surface area (Å²) in [4.78, 5) is 3.27. The van der Waals surface area contributed by atoms with Crippen LogP contribution in [0.4, 0.5) is 0 Å². The van der Waals surface area contributed by atoms with Crippen molar-refractivity contribution in [3.05, 3.63) is 5.82 Å². The van der Waals surface area contributed by atoms with Gasteiger partial charge in [0.2, 0.25) is 5.82 Å². The van der Waals surface area contributed by atoms with Crippen molar-refractivity contribution in [1.82, 2.24) is 20.2 Å². The maximum absolute atomic E-state index is 4.28. The van der Waals surface area contributed by atoms with E-state index in [-0.39, 0.29) is 0 Å². The Kier molecular flexibility index (Phi) is 4.29. The summed E-state index contributed by atoms with van der Waals surface area (Å²) in [6, 6.07) is 0.775. The van der Waals surface area contributed by atoms with Gasteiger partial charge in [-0.25, -0.2) is 4.68 Å². The monoisotopic (exact) mass is 254 g/mol. The molecule has 102 valence electrons. The number of quaternary nitrogens is 2. The Labute approximate surface area is 109 Å². The largest absolute Gasteiger partial charge is 0.328 e. The van der Waals surface area contributed by atoms with Gasteiger partial charge < -0.3 is 9.80 Å². The third-order valence-electron chi connectivity index (χ3n) is 3.97. The molecule has 0 radical (unpaired) electrons. The van der Waals surface area contributed by atoms with Crippen molar-refractivity contribution in [2.75, 3.05) is 33.2 Å². The molecule has 1 saturated heterocycles. The standard InChI is InChI=1S/C12H24N6/c1-5-11(17-8-6-16(4)7-9-17)12-13-14-15-18(12)10(2)3/h10-11H,5-9H2,1-4H3/p+2/t11-/m0/s1. The molecule has 0 aromatic carbocycles. The molecular weight excluding hydrogens is 228 g/mol. The van der Waals surface area contributed by atoms with Crippen LogP contribution in [0, 0.1) is 0 Å². The van der Waals surface area contributed by atoms with Gasteiger partial charge in [-0.05, 0) is 24.3 Å². The molecule has 18 heavy (non-hydrogen) atoms. The van der Waals surface area contributed by atoms with E-state index in [1.165, 1.54) is 26.2 Å². The molecule has 1 aliphatic heterocycles. The minimum absolute atomic E-state index is 0.335. The fraction of sp³-hybridized carbons (Fsp3) is 0.917. The number of likely N-dealkylation sites (N-methyl/N-ethyl adjacent to an activating group) is 1. The Hall–Kier alpha value is -1.01. The first kappa shape index (κ1) is 13.4. The highest BCUT2D eigenvalue weighted by Crippen LogP contribution is 2.13. The first-order valence-electron chi connectivity index (χ1n) is 7.07. The van der Waals surface area contributed by atoms with Gasteiger partial charge in [-0.15, -0.1) is 5.10 Å². The number of rotatable bonds is 4. The maximum Gasteiger partial charge on any atom is 0.209 e. The molecule has 2 rings (SSSR count). The minimum atomic E-state index is 0.335. The van der Waals surface area contributed by atoms with E-state index < -0.39 is 0 Å². The van der Waals surface area contributed by atoms with Gasteiger partial charge in [0.25, 0.3) is 0 Å². The van der Waals surface area contributed by atoms with E-state index in [4.69, 9.17) is 0 Å². The number of hydrogen-bond donors (Lipinski definition) is 2. The van der Waals surface area contributed by atoms with Gasteiger partial charge in [0, 0.05) is 6.42 Å². The first-order valence-corrected chi connectivity index (χ1v) is 7.07. The number of piperazine rings is 1. The molecule has 0 saturated carbocycles. The van der Waals surface area contributed by atoms with Crippen LogP contribution in [0.1, 0.15) is 45.1 Å². The molecule has 1 atom stereocenters. The topological polar surface area (TPSA) is 52.5 Å². The molecule has 6 heteroatoms. The predicted octanol–water partition coefficient (Wildman–Crippen LogP) is -1.88. The average Bonchev–Trinajstić information content (AvgIpc) is 2.82. The van der Waals surface area contributed by atoms with Crippen molar-refractivity contribution < 1.29 is 9.80 Å². The number of nitrogens with zero attached hydrogens (tertiary/aromatic N) is 4. The van der Waals surface area contributed by atoms with Crippen molar-refractivity contribution in [2.45, 2.75) is 39.3 Å². The second-order valence-corrected chi connectivity index (χ2v) is 5.65. The van der Waals surface area contributed by atoms with Crippen LogP contribution in [0.2, 0.25) is 0 Å². The van der Waals surface area contributed by atoms with Gasteiger partial charge in [-0.3, -0.25) is 0 Å². The normalized spacial score (nSPS) is 26.5. The van der Waals surface area contributed by atoms with Crippen LogP contribution in [0.15, 0.2) is 0 Å². The molecule has 1 aromatic rings. The maximum atomic E-state index is 4.28. The van der Waals surface area contributed by atoms with Crippen LogP contribution in [-0.2, 0) is 0 Å². The lowest BCUT2D eigenvalue weighted by Gasteiger charge is -2.32. The van der Waals surface area contributed by atoms with Gasteiger partial charge in [0.05, 0.1) is 13.1 Å². The van der Waals surface area contributed by atoms with E-state index >= 15 is 0 Å². The van der Waals surface area contributed by atoms with E-state index in [1.54, 1.807) is 9.80 Å². The van der Waals surface area contributed by atoms with E-state index in [2.05, 4.69) is 43.3 Å². The lowest BCUT2D eigenvalue weighted by Crippen LogP contribution is -3.27. The Morgan fingerprint density at radius 2 is 1.89 bits per heavy atom. The summed E-state index contributed by atoms with van der Waals surface area (Å²) in [5.41, 5.74) is 0. The molecule has 0 aliphatic carbocycles. The lowest BCUT2D eigenvalue weighted by atomic mass is 10.1. The summed E-state index contributed by atoms with van der Waals surface area (Å²) in [5, 5.41) is 12.3. The summed E-state index contributed by atoms with van der Waals surface area (Å²) >= 11 is 0. The summed E-state index contributed by atoms with van der Waals surface area (Å²) in [6.45, 7) is 11.4. The molecule has 0 spiro atoms. The van der Waals surface area contributed by atoms with Crippen molar-refractivity contribution in [1.29, 1.82) is 0 Å². The number of nitrogens with one attached hydrogen (secondary N) is 2. The first-order chi connectivity index (χ1) is 8.63. The fourth-order valence-electron chi connectivity index (χ4n) is 2.80. The van der Waals surface area contributed by atoms with Gasteiger partial charge in [-0.2, -0.15) is 0 Å². The molecular formula is C12H26N6+2. The second-order valence-electron chi connectivity index (χ2n) is 5.65. The lowest BCUT2D eigenvalue weighted by molar-refractivity contribution is -1.02. The Morgan fingerprint density at radius 3 is 2.44 bits per heavy atom. The third kappa shape index (κ3) is 2.70. The highest BCUT2D eigenvalue weighted by atomic mass is 15.6. The predicted molar refractivity (Wildman–Crippen MR) is 68.6 cm³/mol. The van der Waals surface area contributed by atoms with Crippen LogP contribution in [0.25, 0.3) is 0 Å². The number of hydrogen-bond acceptors (Lipinski definition) is 3. The molecule has 2 N–H and O–H groups in total. The van der Waals surface area contributed by atoms with Gasteiger partial charge in [0.15, 0.2) is 0 Å². The molecule has 1 fully saturated rings. The van der Waals surface area contributed by atoms with E-state index in [1.807, 2.05) is 4.68 Å². The zero-order chi connectivity index (χ0) is 13.1. The molecule has 0 amide bonds. The van der Waals surface area contributed by atoms with Crippen LogP contribution >= 0.6 is 0 Å². The zero-order valence-corrected chi connectivity index (χ0v) is 12.0. The SMILES string of the molecule is CC[C@@H](c1nnnn1C(C)C)[NH+]1CC[NH+](C)CC1. The average molecular weight is 254 g/mol. The van der Waals surface area contributed by atoms with Crippen molar-refractivity contribution in [2.24, 2.45) is 0 Å². The summed E-state index contributed by atoms with van der Waals surface area (Å²) in [5.74, 6) is 1.06. The Balaban J connectivity index is 2.15. The smallest absolute Gasteiger partial charge is 0.209 e. The number of aromatic nitrogens is 4. The van der Waals surface area contributed by atoms with Crippen molar-refractivity contribution in [3.63, 3.8) is 0 Å². The molecule has 6 nitrogen and oxygen atoms in total. The highest BCUT2D eigenvalue weighted by molar-refractivity contribution is 4.88. The summed E-state index contributed by atoms with van der Waals surface area (Å²) in [7, 11) is 2.27. The Morgan fingerprint density at radius 1 is 1.22 bits per heavy atom. The fourth-order valence-corrected chi connectivity index (χ4v) is 2.80. The van der Waals surface area contributed by atoms with Crippen LogP contribution < -0.4 is 9.80 Å².